The summed E-state index contributed by atoms with van der Waals surface area (Å²) in [5.41, 5.74) is 0.488. The van der Waals surface area contributed by atoms with Gasteiger partial charge in [-0.15, -0.1) is 0 Å². The first-order chi connectivity index (χ1) is 8.24. The highest BCUT2D eigenvalue weighted by molar-refractivity contribution is 5.72. The van der Waals surface area contributed by atoms with Crippen molar-refractivity contribution < 1.29 is 14.3 Å². The van der Waals surface area contributed by atoms with Crippen molar-refractivity contribution in [3.63, 3.8) is 0 Å². The summed E-state index contributed by atoms with van der Waals surface area (Å²) < 4.78 is 10.9. The number of cyclic esters (lactones) is 1. The van der Waals surface area contributed by atoms with Crippen molar-refractivity contribution in [2.24, 2.45) is 0 Å². The molecule has 1 aromatic carbocycles. The Bertz CT molecular complexity index is 399. The first-order valence-electron chi connectivity index (χ1n) is 5.71. The van der Waals surface area contributed by atoms with Crippen molar-refractivity contribution in [1.82, 2.24) is 0 Å². The first kappa shape index (κ1) is 11.9. The summed E-state index contributed by atoms with van der Waals surface area (Å²) in [6, 6.07) is 9.91. The maximum absolute atomic E-state index is 11.1. The van der Waals surface area contributed by atoms with Crippen LogP contribution in [0.5, 0.6) is 0 Å². The van der Waals surface area contributed by atoms with Crippen LogP contribution in [-0.2, 0) is 20.9 Å². The van der Waals surface area contributed by atoms with Gasteiger partial charge in [0.15, 0.2) is 5.60 Å². The number of benzene rings is 1. The Morgan fingerprint density at radius 2 is 2.18 bits per heavy atom. The van der Waals surface area contributed by atoms with Gasteiger partial charge in [-0.05, 0) is 11.6 Å². The van der Waals surface area contributed by atoms with E-state index in [1.807, 2.05) is 30.3 Å². The molecular formula is C14H16O3. The second kappa shape index (κ2) is 5.15. The minimum absolute atomic E-state index is 0.173. The van der Waals surface area contributed by atoms with E-state index in [0.29, 0.717) is 26.1 Å². The van der Waals surface area contributed by atoms with Gasteiger partial charge in [0.1, 0.15) is 0 Å². The number of esters is 1. The van der Waals surface area contributed by atoms with Crippen LogP contribution in [0.3, 0.4) is 0 Å². The summed E-state index contributed by atoms with van der Waals surface area (Å²) >= 11 is 0. The smallest absolute Gasteiger partial charge is 0.306 e. The molecule has 3 nitrogen and oxygen atoms in total. The molecule has 0 N–H and O–H groups in total. The Labute approximate surface area is 101 Å². The Morgan fingerprint density at radius 1 is 1.41 bits per heavy atom. The molecule has 0 unspecified atom stereocenters. The molecule has 1 aliphatic rings. The summed E-state index contributed by atoms with van der Waals surface area (Å²) in [4.78, 5) is 11.1. The highest BCUT2D eigenvalue weighted by atomic mass is 16.6. The fourth-order valence-electron chi connectivity index (χ4n) is 1.86. The Hall–Kier alpha value is -1.61. The number of rotatable bonds is 5. The van der Waals surface area contributed by atoms with Crippen molar-refractivity contribution in [3.8, 4) is 0 Å². The van der Waals surface area contributed by atoms with E-state index >= 15 is 0 Å². The lowest BCUT2D eigenvalue weighted by Crippen LogP contribution is -2.31. The standard InChI is InChI=1S/C14H16O3/c1-2-14(9-8-13(15)17-14)11-16-10-12-6-4-3-5-7-12/h2-7H,1,8-11H2/t14-/m1/s1. The van der Waals surface area contributed by atoms with Gasteiger partial charge in [-0.1, -0.05) is 36.9 Å². The number of ether oxygens (including phenoxy) is 2. The Balaban J connectivity index is 1.85. The molecule has 0 bridgehead atoms. The number of hydrogen-bond acceptors (Lipinski definition) is 3. The predicted octanol–water partition coefficient (Wildman–Crippen LogP) is 2.47. The average Bonchev–Trinajstić information content (AvgIpc) is 2.73. The second-order valence-corrected chi connectivity index (χ2v) is 4.22. The summed E-state index contributed by atoms with van der Waals surface area (Å²) in [5, 5.41) is 0. The predicted molar refractivity (Wildman–Crippen MR) is 64.4 cm³/mol. The number of carbonyl (C=O) groups is 1. The van der Waals surface area contributed by atoms with Crippen LogP contribution in [0, 0.1) is 0 Å². The topological polar surface area (TPSA) is 35.5 Å². The maximum atomic E-state index is 11.1. The molecule has 17 heavy (non-hydrogen) atoms. The van der Waals surface area contributed by atoms with E-state index in [1.165, 1.54) is 0 Å². The highest BCUT2D eigenvalue weighted by Gasteiger charge is 2.37. The zero-order valence-corrected chi connectivity index (χ0v) is 9.72. The molecule has 0 saturated carbocycles. The maximum Gasteiger partial charge on any atom is 0.306 e. The van der Waals surface area contributed by atoms with Crippen LogP contribution < -0.4 is 0 Å². The van der Waals surface area contributed by atoms with Crippen molar-refractivity contribution in [2.45, 2.75) is 25.0 Å². The van der Waals surface area contributed by atoms with Crippen LogP contribution in [0.4, 0.5) is 0 Å². The molecule has 1 saturated heterocycles. The molecule has 0 aromatic heterocycles. The summed E-state index contributed by atoms with van der Waals surface area (Å²) in [6.45, 7) is 4.61. The fourth-order valence-corrected chi connectivity index (χ4v) is 1.86. The molecule has 90 valence electrons. The summed E-state index contributed by atoms with van der Waals surface area (Å²) in [7, 11) is 0. The minimum atomic E-state index is -0.619. The lowest BCUT2D eigenvalue weighted by molar-refractivity contribution is -0.149. The van der Waals surface area contributed by atoms with E-state index in [2.05, 4.69) is 6.58 Å². The average molecular weight is 232 g/mol. The molecule has 1 atom stereocenters. The van der Waals surface area contributed by atoms with Crippen molar-refractivity contribution >= 4 is 5.97 Å². The molecule has 0 amide bonds. The molecule has 1 heterocycles. The third-order valence-corrected chi connectivity index (χ3v) is 2.90. The largest absolute Gasteiger partial charge is 0.452 e. The van der Waals surface area contributed by atoms with E-state index in [-0.39, 0.29) is 5.97 Å². The van der Waals surface area contributed by atoms with E-state index in [9.17, 15) is 4.79 Å². The number of carbonyl (C=O) groups excluding carboxylic acids is 1. The van der Waals surface area contributed by atoms with Gasteiger partial charge in [0.25, 0.3) is 0 Å². The van der Waals surface area contributed by atoms with Crippen LogP contribution in [0.25, 0.3) is 0 Å². The highest BCUT2D eigenvalue weighted by Crippen LogP contribution is 2.28. The third-order valence-electron chi connectivity index (χ3n) is 2.90. The van der Waals surface area contributed by atoms with Gasteiger partial charge in [0.2, 0.25) is 0 Å². The first-order valence-corrected chi connectivity index (χ1v) is 5.71. The van der Waals surface area contributed by atoms with Crippen molar-refractivity contribution in [2.75, 3.05) is 6.61 Å². The van der Waals surface area contributed by atoms with Gasteiger partial charge in [0.05, 0.1) is 13.2 Å². The molecule has 3 heteroatoms. The van der Waals surface area contributed by atoms with Gasteiger partial charge < -0.3 is 9.47 Å². The van der Waals surface area contributed by atoms with Gasteiger partial charge in [0, 0.05) is 12.8 Å². The summed E-state index contributed by atoms with van der Waals surface area (Å²) in [6.07, 6.45) is 2.77. The zero-order valence-electron chi connectivity index (χ0n) is 9.72. The molecule has 1 fully saturated rings. The third kappa shape index (κ3) is 2.94. The lowest BCUT2D eigenvalue weighted by atomic mass is 10.0. The van der Waals surface area contributed by atoms with E-state index in [0.717, 1.165) is 5.56 Å². The fraction of sp³-hybridized carbons (Fsp3) is 0.357. The normalized spacial score (nSPS) is 23.4. The van der Waals surface area contributed by atoms with Crippen LogP contribution in [0.2, 0.25) is 0 Å². The monoisotopic (exact) mass is 232 g/mol. The number of hydrogen-bond donors (Lipinski definition) is 0. The minimum Gasteiger partial charge on any atom is -0.452 e. The van der Waals surface area contributed by atoms with Crippen LogP contribution in [0.1, 0.15) is 18.4 Å². The second-order valence-electron chi connectivity index (χ2n) is 4.22. The zero-order chi connectivity index (χ0) is 12.1. The lowest BCUT2D eigenvalue weighted by Gasteiger charge is -2.23. The van der Waals surface area contributed by atoms with Crippen LogP contribution >= 0.6 is 0 Å². The van der Waals surface area contributed by atoms with Gasteiger partial charge in [-0.2, -0.15) is 0 Å². The van der Waals surface area contributed by atoms with Gasteiger partial charge in [-0.3, -0.25) is 4.79 Å². The molecule has 1 aromatic rings. The van der Waals surface area contributed by atoms with Gasteiger partial charge >= 0.3 is 5.97 Å². The molecular weight excluding hydrogens is 216 g/mol. The van der Waals surface area contributed by atoms with Crippen molar-refractivity contribution in [3.05, 3.63) is 48.6 Å². The molecule has 0 aliphatic carbocycles. The molecule has 0 radical (unpaired) electrons. The van der Waals surface area contributed by atoms with Crippen LogP contribution in [-0.4, -0.2) is 18.2 Å². The van der Waals surface area contributed by atoms with Crippen LogP contribution in [0.15, 0.2) is 43.0 Å². The van der Waals surface area contributed by atoms with E-state index in [1.54, 1.807) is 6.08 Å². The molecule has 0 spiro atoms. The Morgan fingerprint density at radius 3 is 2.76 bits per heavy atom. The van der Waals surface area contributed by atoms with Crippen molar-refractivity contribution in [1.29, 1.82) is 0 Å². The van der Waals surface area contributed by atoms with Gasteiger partial charge in [-0.25, -0.2) is 0 Å². The SMILES string of the molecule is C=C[C@]1(COCc2ccccc2)CCC(=O)O1. The van der Waals surface area contributed by atoms with E-state index in [4.69, 9.17) is 9.47 Å². The molecule has 2 rings (SSSR count). The summed E-state index contributed by atoms with van der Waals surface area (Å²) in [5.74, 6) is -0.173. The Kier molecular flexibility index (Phi) is 3.59. The molecule has 1 aliphatic heterocycles. The quantitative estimate of drug-likeness (QED) is 0.578. The van der Waals surface area contributed by atoms with E-state index < -0.39 is 5.60 Å².